The zero-order valence-electron chi connectivity index (χ0n) is 14.6. The van der Waals surface area contributed by atoms with E-state index >= 15 is 0 Å². The van der Waals surface area contributed by atoms with Crippen LogP contribution in [0.4, 0.5) is 0 Å². The Hall–Kier alpha value is -1.72. The maximum absolute atomic E-state index is 4.95. The second kappa shape index (κ2) is 6.30. The molecule has 0 saturated carbocycles. The predicted octanol–water partition coefficient (Wildman–Crippen LogP) is 4.10. The molecule has 1 aliphatic heterocycles. The van der Waals surface area contributed by atoms with Crippen LogP contribution in [0.25, 0.3) is 4.83 Å². The van der Waals surface area contributed by atoms with Crippen LogP contribution in [0.1, 0.15) is 46.4 Å². The first-order chi connectivity index (χ1) is 11.6. The van der Waals surface area contributed by atoms with Crippen LogP contribution >= 0.6 is 11.3 Å². The quantitative estimate of drug-likeness (QED) is 0.720. The monoisotopic (exact) mass is 340 g/mol. The van der Waals surface area contributed by atoms with Crippen LogP contribution in [-0.2, 0) is 6.54 Å². The highest BCUT2D eigenvalue weighted by Gasteiger charge is 2.27. The minimum atomic E-state index is 0.543. The number of nitrogens with zero attached hydrogens (tertiary/aromatic N) is 4. The molecule has 1 saturated heterocycles. The molecule has 126 valence electrons. The molecule has 4 nitrogen and oxygen atoms in total. The van der Waals surface area contributed by atoms with Crippen molar-refractivity contribution in [3.63, 3.8) is 0 Å². The number of hydrogen-bond acceptors (Lipinski definition) is 4. The lowest BCUT2D eigenvalue weighted by Gasteiger charge is -2.32. The molecule has 4 rings (SSSR count). The Labute approximate surface area is 147 Å². The number of likely N-dealkylation sites (tertiary alicyclic amines) is 1. The molecule has 0 aliphatic carbocycles. The lowest BCUT2D eigenvalue weighted by atomic mass is 9.95. The van der Waals surface area contributed by atoms with Crippen molar-refractivity contribution in [3.05, 3.63) is 52.2 Å². The summed E-state index contributed by atoms with van der Waals surface area (Å²) in [6, 6.07) is 4.24. The molecular weight excluding hydrogens is 316 g/mol. The van der Waals surface area contributed by atoms with E-state index in [2.05, 4.69) is 47.2 Å². The van der Waals surface area contributed by atoms with Gasteiger partial charge in [-0.15, -0.1) is 11.3 Å². The molecule has 0 N–H and O–H groups in total. The highest BCUT2D eigenvalue weighted by molar-refractivity contribution is 7.17. The van der Waals surface area contributed by atoms with Crippen LogP contribution < -0.4 is 0 Å². The second-order valence-electron chi connectivity index (χ2n) is 6.86. The molecule has 3 aromatic heterocycles. The average molecular weight is 340 g/mol. The summed E-state index contributed by atoms with van der Waals surface area (Å²) in [5.74, 6) is 1.68. The highest BCUT2D eigenvalue weighted by Crippen LogP contribution is 2.35. The van der Waals surface area contributed by atoms with Crippen molar-refractivity contribution in [2.45, 2.75) is 46.1 Å². The largest absolute Gasteiger partial charge is 0.298 e. The molecule has 4 heterocycles. The third-order valence-electron chi connectivity index (χ3n) is 5.17. The molecule has 0 amide bonds. The van der Waals surface area contributed by atoms with Crippen molar-refractivity contribution in [2.24, 2.45) is 0 Å². The lowest BCUT2D eigenvalue weighted by molar-refractivity contribution is 0.199. The number of hydrogen-bond donors (Lipinski definition) is 0. The molecule has 1 fully saturated rings. The van der Waals surface area contributed by atoms with E-state index in [1.807, 2.05) is 23.7 Å². The number of thiazole rings is 1. The first-order valence-corrected chi connectivity index (χ1v) is 9.51. The number of piperidine rings is 1. The lowest BCUT2D eigenvalue weighted by Crippen LogP contribution is -2.34. The molecule has 0 unspecified atom stereocenters. The Balaban J connectivity index is 1.59. The fraction of sp³-hybridized carbons (Fsp3) is 0.474. The van der Waals surface area contributed by atoms with Gasteiger partial charge < -0.3 is 0 Å². The maximum Gasteiger partial charge on any atom is 0.123 e. The van der Waals surface area contributed by atoms with Gasteiger partial charge in [0.15, 0.2) is 0 Å². The third-order valence-corrected chi connectivity index (χ3v) is 6.36. The Bertz CT molecular complexity index is 849. The summed E-state index contributed by atoms with van der Waals surface area (Å²) in [6.45, 7) is 9.84. The van der Waals surface area contributed by atoms with Gasteiger partial charge in [-0.3, -0.25) is 14.3 Å². The van der Waals surface area contributed by atoms with E-state index in [1.54, 1.807) is 0 Å². The average Bonchev–Trinajstić information content (AvgIpc) is 3.06. The zero-order chi connectivity index (χ0) is 16.7. The van der Waals surface area contributed by atoms with E-state index in [-0.39, 0.29) is 0 Å². The summed E-state index contributed by atoms with van der Waals surface area (Å²) in [5.41, 5.74) is 4.00. The number of rotatable bonds is 3. The normalized spacial score (nSPS) is 19.2. The fourth-order valence-corrected chi connectivity index (χ4v) is 5.04. The standard InChI is InChI=1S/C19H24N4S/c1-13-14(2)24-19-18(21-15(3)23(13)19)17-5-4-10-22(12-17)11-16-6-8-20-9-7-16/h6-9,17H,4-5,10-12H2,1-3H3/t17-/m0/s1. The van der Waals surface area contributed by atoms with Crippen molar-refractivity contribution in [2.75, 3.05) is 13.1 Å². The van der Waals surface area contributed by atoms with E-state index in [0.717, 1.165) is 18.9 Å². The molecule has 1 atom stereocenters. The molecule has 0 aromatic carbocycles. The molecule has 0 spiro atoms. The second-order valence-corrected chi connectivity index (χ2v) is 8.06. The van der Waals surface area contributed by atoms with Gasteiger partial charge in [-0.25, -0.2) is 4.98 Å². The fourth-order valence-electron chi connectivity index (χ4n) is 3.84. The zero-order valence-corrected chi connectivity index (χ0v) is 15.4. The summed E-state index contributed by atoms with van der Waals surface area (Å²) < 4.78 is 2.34. The minimum Gasteiger partial charge on any atom is -0.298 e. The Morgan fingerprint density at radius 3 is 2.79 bits per heavy atom. The van der Waals surface area contributed by atoms with E-state index < -0.39 is 0 Å². The molecule has 3 aromatic rings. The number of pyridine rings is 1. The van der Waals surface area contributed by atoms with E-state index in [0.29, 0.717) is 5.92 Å². The van der Waals surface area contributed by atoms with Crippen molar-refractivity contribution >= 4 is 16.2 Å². The van der Waals surface area contributed by atoms with E-state index in [9.17, 15) is 0 Å². The predicted molar refractivity (Wildman–Crippen MR) is 98.8 cm³/mol. The maximum atomic E-state index is 4.95. The SMILES string of the molecule is Cc1sc2c([C@H]3CCCN(Cc4ccncc4)C3)nc(C)n2c1C. The van der Waals surface area contributed by atoms with Gasteiger partial charge in [-0.2, -0.15) is 0 Å². The summed E-state index contributed by atoms with van der Waals surface area (Å²) in [7, 11) is 0. The summed E-state index contributed by atoms with van der Waals surface area (Å²) in [5, 5.41) is 0. The molecular formula is C19H24N4S. The van der Waals surface area contributed by atoms with Gasteiger partial charge in [-0.05, 0) is 57.9 Å². The molecule has 0 radical (unpaired) electrons. The topological polar surface area (TPSA) is 33.4 Å². The van der Waals surface area contributed by atoms with E-state index in [1.165, 1.54) is 46.0 Å². The Morgan fingerprint density at radius 1 is 1.21 bits per heavy atom. The molecule has 24 heavy (non-hydrogen) atoms. The van der Waals surface area contributed by atoms with Crippen LogP contribution in [0.3, 0.4) is 0 Å². The van der Waals surface area contributed by atoms with Crippen LogP contribution in [-0.4, -0.2) is 32.4 Å². The number of aromatic nitrogens is 3. The van der Waals surface area contributed by atoms with Gasteiger partial charge in [0.1, 0.15) is 10.7 Å². The number of imidazole rings is 1. The van der Waals surface area contributed by atoms with Gasteiger partial charge in [0, 0.05) is 42.0 Å². The number of fused-ring (bicyclic) bond motifs is 1. The van der Waals surface area contributed by atoms with Crippen molar-refractivity contribution in [1.82, 2.24) is 19.3 Å². The van der Waals surface area contributed by atoms with Crippen molar-refractivity contribution in [3.8, 4) is 0 Å². The molecule has 5 heteroatoms. The van der Waals surface area contributed by atoms with Crippen LogP contribution in [0.2, 0.25) is 0 Å². The van der Waals surface area contributed by atoms with Crippen molar-refractivity contribution < 1.29 is 0 Å². The summed E-state index contributed by atoms with van der Waals surface area (Å²) in [4.78, 5) is 14.4. The highest BCUT2D eigenvalue weighted by atomic mass is 32.1. The van der Waals surface area contributed by atoms with Gasteiger partial charge in [0.05, 0.1) is 5.69 Å². The molecule has 0 bridgehead atoms. The first-order valence-electron chi connectivity index (χ1n) is 8.69. The summed E-state index contributed by atoms with van der Waals surface area (Å²) >= 11 is 1.90. The Kier molecular flexibility index (Phi) is 4.14. The van der Waals surface area contributed by atoms with Gasteiger partial charge >= 0.3 is 0 Å². The minimum absolute atomic E-state index is 0.543. The first kappa shape index (κ1) is 15.8. The van der Waals surface area contributed by atoms with Gasteiger partial charge in [0.2, 0.25) is 0 Å². The van der Waals surface area contributed by atoms with E-state index in [4.69, 9.17) is 4.98 Å². The van der Waals surface area contributed by atoms with Crippen molar-refractivity contribution in [1.29, 1.82) is 0 Å². The van der Waals surface area contributed by atoms with Crippen LogP contribution in [0, 0.1) is 20.8 Å². The smallest absolute Gasteiger partial charge is 0.123 e. The number of aryl methyl sites for hydroxylation is 3. The molecule has 1 aliphatic rings. The third kappa shape index (κ3) is 2.76. The summed E-state index contributed by atoms with van der Waals surface area (Å²) in [6.07, 6.45) is 6.26. The Morgan fingerprint density at radius 2 is 2.00 bits per heavy atom. The van der Waals surface area contributed by atoms with Gasteiger partial charge in [-0.1, -0.05) is 0 Å². The van der Waals surface area contributed by atoms with Crippen LogP contribution in [0.5, 0.6) is 0 Å². The van der Waals surface area contributed by atoms with Gasteiger partial charge in [0.25, 0.3) is 0 Å². The van der Waals surface area contributed by atoms with Crippen LogP contribution in [0.15, 0.2) is 24.5 Å².